The maximum absolute atomic E-state index is 11.5. The third kappa shape index (κ3) is 4.33. The van der Waals surface area contributed by atoms with Crippen LogP contribution in [-0.2, 0) is 9.59 Å². The number of rotatable bonds is 9. The Labute approximate surface area is 97.2 Å². The van der Waals surface area contributed by atoms with Crippen LogP contribution in [0.3, 0.4) is 0 Å². The quantitative estimate of drug-likeness (QED) is 0.615. The molecule has 0 aliphatic heterocycles. The first kappa shape index (κ1) is 13.2. The maximum Gasteiger partial charge on any atom is 0.307 e. The molecule has 0 aromatic heterocycles. The minimum Gasteiger partial charge on any atom is -0.481 e. The third-order valence-electron chi connectivity index (χ3n) is 3.30. The molecule has 0 spiro atoms. The number of carbonyl (C=O) groups excluding carboxylic acids is 1. The summed E-state index contributed by atoms with van der Waals surface area (Å²) in [5.74, 6) is -1.16. The van der Waals surface area contributed by atoms with Gasteiger partial charge in [-0.1, -0.05) is 39.0 Å². The van der Waals surface area contributed by atoms with Gasteiger partial charge in [0.15, 0.2) is 0 Å². The molecule has 2 atom stereocenters. The summed E-state index contributed by atoms with van der Waals surface area (Å²) in [7, 11) is 0. The van der Waals surface area contributed by atoms with Gasteiger partial charge in [-0.25, -0.2) is 0 Å². The van der Waals surface area contributed by atoms with E-state index in [1.807, 2.05) is 0 Å². The Balaban J connectivity index is 1.98. The van der Waals surface area contributed by atoms with Crippen molar-refractivity contribution in [1.29, 1.82) is 0 Å². The van der Waals surface area contributed by atoms with E-state index >= 15 is 0 Å². The average molecular weight is 226 g/mol. The molecule has 0 aromatic rings. The summed E-state index contributed by atoms with van der Waals surface area (Å²) in [4.78, 5) is 22.1. The fourth-order valence-corrected chi connectivity index (χ4v) is 2.09. The predicted molar refractivity (Wildman–Crippen MR) is 62.2 cm³/mol. The van der Waals surface area contributed by atoms with Gasteiger partial charge in [0.05, 0.1) is 5.92 Å². The zero-order valence-electron chi connectivity index (χ0n) is 10.1. The molecule has 0 saturated heterocycles. The van der Waals surface area contributed by atoms with Gasteiger partial charge in [-0.2, -0.15) is 0 Å². The van der Waals surface area contributed by atoms with Gasteiger partial charge in [-0.05, 0) is 12.8 Å². The van der Waals surface area contributed by atoms with E-state index in [1.165, 1.54) is 25.7 Å². The van der Waals surface area contributed by atoms with Crippen molar-refractivity contribution in [1.82, 2.24) is 0 Å². The first-order chi connectivity index (χ1) is 7.66. The van der Waals surface area contributed by atoms with E-state index in [4.69, 9.17) is 5.11 Å². The van der Waals surface area contributed by atoms with Gasteiger partial charge >= 0.3 is 5.97 Å². The minimum atomic E-state index is -0.804. The lowest BCUT2D eigenvalue weighted by atomic mass is 10.1. The molecule has 0 aromatic carbocycles. The van der Waals surface area contributed by atoms with Gasteiger partial charge in [0.2, 0.25) is 0 Å². The number of unbranched alkanes of at least 4 members (excludes halogenated alkanes) is 5. The topological polar surface area (TPSA) is 54.4 Å². The van der Waals surface area contributed by atoms with Gasteiger partial charge in [0, 0.05) is 12.3 Å². The zero-order chi connectivity index (χ0) is 12.0. The minimum absolute atomic E-state index is 0.159. The molecule has 3 nitrogen and oxygen atoms in total. The number of hydrogen-bond acceptors (Lipinski definition) is 2. The molecule has 0 heterocycles. The second kappa shape index (κ2) is 6.66. The van der Waals surface area contributed by atoms with Crippen LogP contribution in [0.5, 0.6) is 0 Å². The Bertz CT molecular complexity index is 248. The highest BCUT2D eigenvalue weighted by Crippen LogP contribution is 2.40. The Morgan fingerprint density at radius 1 is 1.06 bits per heavy atom. The Morgan fingerprint density at radius 2 is 1.69 bits per heavy atom. The fraction of sp³-hybridized carbons (Fsp3) is 0.846. The highest BCUT2D eigenvalue weighted by atomic mass is 16.4. The first-order valence-corrected chi connectivity index (χ1v) is 6.42. The summed E-state index contributed by atoms with van der Waals surface area (Å²) in [6.07, 6.45) is 8.17. The monoisotopic (exact) mass is 226 g/mol. The van der Waals surface area contributed by atoms with Crippen molar-refractivity contribution in [2.24, 2.45) is 11.8 Å². The molecular weight excluding hydrogens is 204 g/mol. The van der Waals surface area contributed by atoms with Gasteiger partial charge in [-0.15, -0.1) is 0 Å². The van der Waals surface area contributed by atoms with Crippen molar-refractivity contribution in [3.63, 3.8) is 0 Å². The van der Waals surface area contributed by atoms with Crippen molar-refractivity contribution < 1.29 is 14.7 Å². The van der Waals surface area contributed by atoms with Crippen LogP contribution in [0.1, 0.15) is 58.3 Å². The summed E-state index contributed by atoms with van der Waals surface area (Å²) < 4.78 is 0. The maximum atomic E-state index is 11.5. The molecule has 1 saturated carbocycles. The number of aliphatic carboxylic acids is 1. The second-order valence-electron chi connectivity index (χ2n) is 4.77. The number of ketones is 1. The average Bonchev–Trinajstić information content (AvgIpc) is 3.02. The third-order valence-corrected chi connectivity index (χ3v) is 3.30. The number of carboxylic acid groups (broad SMARTS) is 1. The van der Waals surface area contributed by atoms with Crippen molar-refractivity contribution in [2.45, 2.75) is 58.3 Å². The zero-order valence-corrected chi connectivity index (χ0v) is 10.1. The van der Waals surface area contributed by atoms with Crippen LogP contribution in [0, 0.1) is 11.8 Å². The SMILES string of the molecule is CCCCCCCCC(=O)C1CC1C(=O)O. The van der Waals surface area contributed by atoms with E-state index in [9.17, 15) is 9.59 Å². The lowest BCUT2D eigenvalue weighted by Crippen LogP contribution is -2.07. The van der Waals surface area contributed by atoms with Crippen molar-refractivity contribution in [3.05, 3.63) is 0 Å². The number of hydrogen-bond donors (Lipinski definition) is 1. The Hall–Kier alpha value is -0.860. The molecule has 0 amide bonds. The van der Waals surface area contributed by atoms with Crippen molar-refractivity contribution in [3.8, 4) is 0 Å². The van der Waals surface area contributed by atoms with E-state index in [1.54, 1.807) is 0 Å². The van der Waals surface area contributed by atoms with Crippen molar-refractivity contribution >= 4 is 11.8 Å². The smallest absolute Gasteiger partial charge is 0.307 e. The van der Waals surface area contributed by atoms with Crippen LogP contribution >= 0.6 is 0 Å². The predicted octanol–water partition coefficient (Wildman–Crippen LogP) is 3.03. The van der Waals surface area contributed by atoms with Crippen LogP contribution in [0.2, 0.25) is 0 Å². The van der Waals surface area contributed by atoms with Gasteiger partial charge in [-0.3, -0.25) is 9.59 Å². The molecule has 3 heteroatoms. The second-order valence-corrected chi connectivity index (χ2v) is 4.77. The first-order valence-electron chi connectivity index (χ1n) is 6.42. The molecular formula is C13H22O3. The molecule has 1 N–H and O–H groups in total. The summed E-state index contributed by atoms with van der Waals surface area (Å²) in [6.45, 7) is 2.18. The highest BCUT2D eigenvalue weighted by molar-refractivity contribution is 5.90. The van der Waals surface area contributed by atoms with Gasteiger partial charge in [0.25, 0.3) is 0 Å². The largest absolute Gasteiger partial charge is 0.481 e. The van der Waals surface area contributed by atoms with Crippen LogP contribution in [-0.4, -0.2) is 16.9 Å². The van der Waals surface area contributed by atoms with Crippen molar-refractivity contribution in [2.75, 3.05) is 0 Å². The van der Waals surface area contributed by atoms with E-state index in [0.717, 1.165) is 12.8 Å². The lowest BCUT2D eigenvalue weighted by Gasteiger charge is -2.00. The number of Topliss-reactive ketones (excluding diaryl/α,β-unsaturated/α-hetero) is 1. The van der Waals surface area contributed by atoms with Gasteiger partial charge < -0.3 is 5.11 Å². The summed E-state index contributed by atoms with van der Waals surface area (Å²) in [6, 6.07) is 0. The normalized spacial score (nSPS) is 23.1. The van der Waals surface area contributed by atoms with E-state index < -0.39 is 5.97 Å². The number of carbonyl (C=O) groups is 2. The molecule has 0 bridgehead atoms. The highest BCUT2D eigenvalue weighted by Gasteiger charge is 2.47. The van der Waals surface area contributed by atoms with E-state index in [-0.39, 0.29) is 17.6 Å². The molecule has 1 fully saturated rings. The number of carboxylic acids is 1. The molecule has 92 valence electrons. The van der Waals surface area contributed by atoms with E-state index in [2.05, 4.69) is 6.92 Å². The van der Waals surface area contributed by atoms with E-state index in [0.29, 0.717) is 12.8 Å². The molecule has 16 heavy (non-hydrogen) atoms. The Morgan fingerprint density at radius 3 is 2.25 bits per heavy atom. The lowest BCUT2D eigenvalue weighted by molar-refractivity contribution is -0.140. The van der Waals surface area contributed by atoms with Crippen LogP contribution in [0.25, 0.3) is 0 Å². The summed E-state index contributed by atoms with van der Waals surface area (Å²) in [5, 5.41) is 8.69. The Kier molecular flexibility index (Phi) is 5.50. The molecule has 0 radical (unpaired) electrons. The van der Waals surface area contributed by atoms with Crippen LogP contribution < -0.4 is 0 Å². The summed E-state index contributed by atoms with van der Waals surface area (Å²) >= 11 is 0. The molecule has 1 aliphatic rings. The molecule has 2 unspecified atom stereocenters. The van der Waals surface area contributed by atoms with Crippen LogP contribution in [0.4, 0.5) is 0 Å². The summed E-state index contributed by atoms with van der Waals surface area (Å²) in [5.41, 5.74) is 0. The van der Waals surface area contributed by atoms with Gasteiger partial charge in [0.1, 0.15) is 5.78 Å². The fourth-order valence-electron chi connectivity index (χ4n) is 2.09. The molecule has 1 rings (SSSR count). The van der Waals surface area contributed by atoms with Crippen LogP contribution in [0.15, 0.2) is 0 Å². The standard InChI is InChI=1S/C13H22O3/c1-2-3-4-5-6-7-8-12(14)10-9-11(10)13(15)16/h10-11H,2-9H2,1H3,(H,15,16). The molecule has 1 aliphatic carbocycles.